The Bertz CT molecular complexity index is 1830. The van der Waals surface area contributed by atoms with Crippen LogP contribution < -0.4 is 4.72 Å². The van der Waals surface area contributed by atoms with Gasteiger partial charge in [-0.25, -0.2) is 13.1 Å². The number of carbonyl (C=O) groups excluding carboxylic acids is 2. The largest absolute Gasteiger partial charge is 0.280 e. The molecule has 12 heteroatoms. The lowest BCUT2D eigenvalue weighted by Crippen LogP contribution is -2.51. The molecule has 4 aromatic rings. The minimum atomic E-state index is -4.19. The first kappa shape index (κ1) is 29.8. The standard InChI is InChI=1S/C31H23N3O6S3/c35-29(32-43(39,40)26-9-5-2-6-10-26)27(19-21-7-3-1-4-8-21)33-30(36)28(42-31(33)41)20-22-11-13-23(14-12-22)24-15-17-25(18-16-24)34(37)38/h1-18,20,27H,19H2,(H,32,35)/b28-20-/t27-/m0/s1. The summed E-state index contributed by atoms with van der Waals surface area (Å²) in [6, 6.07) is 28.7. The Kier molecular flexibility index (Phi) is 8.81. The summed E-state index contributed by atoms with van der Waals surface area (Å²) in [5, 5.41) is 10.9. The van der Waals surface area contributed by atoms with E-state index in [0.717, 1.165) is 28.5 Å². The van der Waals surface area contributed by atoms with Crippen molar-refractivity contribution in [3.05, 3.63) is 135 Å². The fourth-order valence-corrected chi connectivity index (χ4v) is 6.84. The van der Waals surface area contributed by atoms with Gasteiger partial charge in [-0.05, 0) is 52.6 Å². The molecule has 216 valence electrons. The molecule has 1 heterocycles. The average Bonchev–Trinajstić information content (AvgIpc) is 3.28. The summed E-state index contributed by atoms with van der Waals surface area (Å²) in [4.78, 5) is 39.0. The predicted octanol–water partition coefficient (Wildman–Crippen LogP) is 5.58. The van der Waals surface area contributed by atoms with Crippen molar-refractivity contribution in [1.82, 2.24) is 9.62 Å². The Labute approximate surface area is 257 Å². The van der Waals surface area contributed by atoms with Crippen molar-refractivity contribution in [2.24, 2.45) is 0 Å². The van der Waals surface area contributed by atoms with Crippen LogP contribution in [0.2, 0.25) is 0 Å². The fourth-order valence-electron chi connectivity index (χ4n) is 4.44. The lowest BCUT2D eigenvalue weighted by atomic mass is 10.0. The molecule has 1 fully saturated rings. The van der Waals surface area contributed by atoms with Crippen LogP contribution in [0.4, 0.5) is 5.69 Å². The molecule has 0 unspecified atom stereocenters. The van der Waals surface area contributed by atoms with Crippen molar-refractivity contribution >= 4 is 61.9 Å². The highest BCUT2D eigenvalue weighted by atomic mass is 32.2. The smallest absolute Gasteiger partial charge is 0.269 e. The molecule has 0 spiro atoms. The summed E-state index contributed by atoms with van der Waals surface area (Å²) in [7, 11) is -4.19. The third-order valence-corrected chi connectivity index (χ3v) is 9.31. The molecule has 0 radical (unpaired) electrons. The molecule has 1 aliphatic heterocycles. The van der Waals surface area contributed by atoms with E-state index in [4.69, 9.17) is 12.2 Å². The molecule has 0 saturated carbocycles. The maximum Gasteiger partial charge on any atom is 0.269 e. The summed E-state index contributed by atoms with van der Waals surface area (Å²) in [5.74, 6) is -1.39. The van der Waals surface area contributed by atoms with E-state index in [1.165, 1.54) is 29.2 Å². The molecule has 4 aromatic carbocycles. The number of thioether (sulfide) groups is 1. The van der Waals surface area contributed by atoms with Crippen LogP contribution in [0.1, 0.15) is 11.1 Å². The quantitative estimate of drug-likeness (QED) is 0.110. The van der Waals surface area contributed by atoms with E-state index < -0.39 is 32.8 Å². The number of benzene rings is 4. The number of hydrogen-bond acceptors (Lipinski definition) is 8. The zero-order valence-electron chi connectivity index (χ0n) is 22.3. The molecule has 1 N–H and O–H groups in total. The SMILES string of the molecule is O=C(NS(=O)(=O)c1ccccc1)[C@H](Cc1ccccc1)N1C(=O)/C(=C/c2ccc(-c3ccc([N+](=O)[O-])cc3)cc2)SC1=S. The maximum atomic E-state index is 13.6. The normalized spacial score (nSPS) is 15.0. The summed E-state index contributed by atoms with van der Waals surface area (Å²) in [5.41, 5.74) is 3.04. The van der Waals surface area contributed by atoms with Gasteiger partial charge in [-0.2, -0.15) is 0 Å². The van der Waals surface area contributed by atoms with Gasteiger partial charge in [0.15, 0.2) is 0 Å². The Balaban J connectivity index is 1.39. The van der Waals surface area contributed by atoms with Crippen LogP contribution in [0.3, 0.4) is 0 Å². The van der Waals surface area contributed by atoms with Crippen LogP contribution in [-0.4, -0.2) is 40.4 Å². The number of amides is 2. The van der Waals surface area contributed by atoms with Crippen LogP contribution in [0, 0.1) is 10.1 Å². The number of rotatable bonds is 9. The van der Waals surface area contributed by atoms with Gasteiger partial charge in [0.1, 0.15) is 10.4 Å². The topological polar surface area (TPSA) is 127 Å². The van der Waals surface area contributed by atoms with Gasteiger partial charge in [0.25, 0.3) is 27.5 Å². The van der Waals surface area contributed by atoms with Crippen LogP contribution in [-0.2, 0) is 26.0 Å². The molecular formula is C31H23N3O6S3. The maximum absolute atomic E-state index is 13.6. The number of sulfonamides is 1. The average molecular weight is 630 g/mol. The third-order valence-electron chi connectivity index (χ3n) is 6.62. The van der Waals surface area contributed by atoms with Gasteiger partial charge >= 0.3 is 0 Å². The summed E-state index contributed by atoms with van der Waals surface area (Å²) in [6.45, 7) is 0. The number of nitrogens with one attached hydrogen (secondary N) is 1. The highest BCUT2D eigenvalue weighted by Gasteiger charge is 2.41. The molecule has 2 amide bonds. The number of thiocarbonyl (C=S) groups is 1. The Morgan fingerprint density at radius 1 is 0.907 bits per heavy atom. The van der Waals surface area contributed by atoms with Crippen molar-refractivity contribution in [3.63, 3.8) is 0 Å². The van der Waals surface area contributed by atoms with Gasteiger partial charge in [-0.15, -0.1) is 0 Å². The van der Waals surface area contributed by atoms with Crippen molar-refractivity contribution in [2.45, 2.75) is 17.4 Å². The molecule has 5 rings (SSSR count). The van der Waals surface area contributed by atoms with Gasteiger partial charge < -0.3 is 0 Å². The minimum Gasteiger partial charge on any atom is -0.280 e. The van der Waals surface area contributed by atoms with Crippen molar-refractivity contribution in [1.29, 1.82) is 0 Å². The van der Waals surface area contributed by atoms with E-state index in [0.29, 0.717) is 5.56 Å². The highest BCUT2D eigenvalue weighted by molar-refractivity contribution is 8.26. The van der Waals surface area contributed by atoms with Gasteiger partial charge in [-0.3, -0.25) is 24.6 Å². The summed E-state index contributed by atoms with van der Waals surface area (Å²) in [6.07, 6.45) is 1.69. The van der Waals surface area contributed by atoms with Crippen molar-refractivity contribution in [3.8, 4) is 11.1 Å². The molecule has 0 aromatic heterocycles. The number of nitro benzene ring substituents is 1. The Morgan fingerprint density at radius 3 is 2.05 bits per heavy atom. The van der Waals surface area contributed by atoms with Crippen molar-refractivity contribution < 1.29 is 22.9 Å². The van der Waals surface area contributed by atoms with Crippen LogP contribution >= 0.6 is 24.0 Å². The fraction of sp³-hybridized carbons (Fsp3) is 0.0645. The van der Waals surface area contributed by atoms with E-state index in [-0.39, 0.29) is 26.2 Å². The van der Waals surface area contributed by atoms with E-state index in [9.17, 15) is 28.1 Å². The predicted molar refractivity (Wildman–Crippen MR) is 169 cm³/mol. The van der Waals surface area contributed by atoms with Gasteiger partial charge in [0.2, 0.25) is 0 Å². The molecular weight excluding hydrogens is 607 g/mol. The van der Waals surface area contributed by atoms with Crippen LogP contribution in [0.15, 0.2) is 119 Å². The van der Waals surface area contributed by atoms with E-state index in [1.807, 2.05) is 18.2 Å². The Morgan fingerprint density at radius 2 is 1.47 bits per heavy atom. The first-order chi connectivity index (χ1) is 20.6. The summed E-state index contributed by atoms with van der Waals surface area (Å²) >= 11 is 6.55. The minimum absolute atomic E-state index is 0.000637. The number of nitrogens with zero attached hydrogens (tertiary/aromatic N) is 2. The van der Waals surface area contributed by atoms with E-state index in [1.54, 1.807) is 72.8 Å². The highest BCUT2D eigenvalue weighted by Crippen LogP contribution is 2.35. The van der Waals surface area contributed by atoms with Gasteiger partial charge in [0, 0.05) is 18.6 Å². The lowest BCUT2D eigenvalue weighted by molar-refractivity contribution is -0.384. The van der Waals surface area contributed by atoms with Crippen LogP contribution in [0.5, 0.6) is 0 Å². The molecule has 0 bridgehead atoms. The van der Waals surface area contributed by atoms with Crippen molar-refractivity contribution in [2.75, 3.05) is 0 Å². The zero-order valence-corrected chi connectivity index (χ0v) is 24.8. The molecule has 1 aliphatic rings. The monoisotopic (exact) mass is 629 g/mol. The number of non-ortho nitro benzene ring substituents is 1. The molecule has 43 heavy (non-hydrogen) atoms. The zero-order chi connectivity index (χ0) is 30.6. The second-order valence-electron chi connectivity index (χ2n) is 9.47. The first-order valence-corrected chi connectivity index (χ1v) is 15.6. The van der Waals surface area contributed by atoms with Gasteiger partial charge in [-0.1, -0.05) is 96.8 Å². The van der Waals surface area contributed by atoms with E-state index in [2.05, 4.69) is 4.72 Å². The summed E-state index contributed by atoms with van der Waals surface area (Å²) < 4.78 is 28.1. The lowest BCUT2D eigenvalue weighted by Gasteiger charge is -2.26. The second kappa shape index (κ2) is 12.7. The second-order valence-corrected chi connectivity index (χ2v) is 12.8. The number of nitro groups is 1. The van der Waals surface area contributed by atoms with E-state index >= 15 is 0 Å². The molecule has 1 saturated heterocycles. The molecule has 9 nitrogen and oxygen atoms in total. The Hall–Kier alpha value is -4.65. The number of carbonyl (C=O) groups is 2. The van der Waals surface area contributed by atoms with Gasteiger partial charge in [0.05, 0.1) is 14.7 Å². The number of hydrogen-bond donors (Lipinski definition) is 1. The van der Waals surface area contributed by atoms with Crippen LogP contribution in [0.25, 0.3) is 17.2 Å². The third kappa shape index (κ3) is 6.88. The molecule has 0 aliphatic carbocycles. The molecule has 1 atom stereocenters. The first-order valence-electron chi connectivity index (χ1n) is 12.9.